The Labute approximate surface area is 159 Å². The van der Waals surface area contributed by atoms with Crippen molar-refractivity contribution in [2.45, 2.75) is 31.7 Å². The van der Waals surface area contributed by atoms with Crippen LogP contribution < -0.4 is 0 Å². The van der Waals surface area contributed by atoms with Crippen molar-refractivity contribution in [3.05, 3.63) is 60.2 Å². The van der Waals surface area contributed by atoms with Gasteiger partial charge in [0.1, 0.15) is 5.69 Å². The Hall–Kier alpha value is -2.76. The second kappa shape index (κ2) is 7.10. The van der Waals surface area contributed by atoms with Gasteiger partial charge in [-0.05, 0) is 31.2 Å². The van der Waals surface area contributed by atoms with E-state index >= 15 is 0 Å². The van der Waals surface area contributed by atoms with Gasteiger partial charge >= 0.3 is 0 Å². The van der Waals surface area contributed by atoms with Gasteiger partial charge in [0, 0.05) is 38.6 Å². The molecule has 4 rings (SSSR count). The first-order valence-electron chi connectivity index (χ1n) is 9.45. The van der Waals surface area contributed by atoms with Gasteiger partial charge in [0.15, 0.2) is 0 Å². The van der Waals surface area contributed by atoms with Crippen LogP contribution in [0.15, 0.2) is 48.9 Å². The van der Waals surface area contributed by atoms with Crippen LogP contribution in [-0.4, -0.2) is 57.8 Å². The van der Waals surface area contributed by atoms with E-state index < -0.39 is 0 Å². The zero-order valence-corrected chi connectivity index (χ0v) is 15.5. The van der Waals surface area contributed by atoms with Gasteiger partial charge in [-0.1, -0.05) is 30.3 Å². The first-order valence-corrected chi connectivity index (χ1v) is 9.45. The molecule has 6 nitrogen and oxygen atoms in total. The van der Waals surface area contributed by atoms with Gasteiger partial charge in [-0.3, -0.25) is 14.6 Å². The highest BCUT2D eigenvalue weighted by molar-refractivity contribution is 5.92. The summed E-state index contributed by atoms with van der Waals surface area (Å²) in [6.07, 6.45) is 7.76. The van der Waals surface area contributed by atoms with E-state index in [2.05, 4.69) is 22.1 Å². The van der Waals surface area contributed by atoms with Gasteiger partial charge in [0.25, 0.3) is 5.91 Å². The minimum absolute atomic E-state index is 0.0995. The summed E-state index contributed by atoms with van der Waals surface area (Å²) in [5, 5.41) is 0. The van der Waals surface area contributed by atoms with Crippen molar-refractivity contribution < 1.29 is 9.59 Å². The maximum absolute atomic E-state index is 13.0. The zero-order chi connectivity index (χ0) is 18.9. The molecule has 140 valence electrons. The molecule has 2 aliphatic rings. The first-order chi connectivity index (χ1) is 13.1. The van der Waals surface area contributed by atoms with Gasteiger partial charge in [0.2, 0.25) is 5.91 Å². The van der Waals surface area contributed by atoms with Gasteiger partial charge in [-0.25, -0.2) is 4.98 Å². The fraction of sp³-hybridized carbons (Fsp3) is 0.429. The van der Waals surface area contributed by atoms with E-state index in [-0.39, 0.29) is 23.3 Å². The Bertz CT molecular complexity index is 817. The minimum Gasteiger partial charge on any atom is -0.342 e. The molecule has 0 bridgehead atoms. The molecule has 3 heterocycles. The van der Waals surface area contributed by atoms with E-state index in [9.17, 15) is 9.59 Å². The molecule has 1 atom stereocenters. The lowest BCUT2D eigenvalue weighted by Gasteiger charge is -2.37. The lowest BCUT2D eigenvalue weighted by molar-refractivity contribution is -0.137. The molecule has 0 unspecified atom stereocenters. The molecular formula is C21H24N4O2. The Balaban J connectivity index is 1.43. The zero-order valence-electron chi connectivity index (χ0n) is 15.5. The van der Waals surface area contributed by atoms with Crippen LogP contribution in [0.1, 0.15) is 35.3 Å². The van der Waals surface area contributed by atoms with E-state index in [4.69, 9.17) is 0 Å². The average molecular weight is 364 g/mol. The summed E-state index contributed by atoms with van der Waals surface area (Å²) in [6.45, 7) is 1.18. The number of carbonyl (C=O) groups is 2. The SMILES string of the molecule is CN1C(=O)C2(CCN(C(=O)c3cnccn3)CC2)C[C@H]1Cc1ccccc1. The molecule has 2 aliphatic heterocycles. The Morgan fingerprint density at radius 3 is 2.59 bits per heavy atom. The maximum Gasteiger partial charge on any atom is 0.274 e. The van der Waals surface area contributed by atoms with Crippen LogP contribution in [0, 0.1) is 5.41 Å². The highest BCUT2D eigenvalue weighted by Crippen LogP contribution is 2.44. The highest BCUT2D eigenvalue weighted by atomic mass is 16.2. The Morgan fingerprint density at radius 1 is 1.19 bits per heavy atom. The van der Waals surface area contributed by atoms with Crippen molar-refractivity contribution >= 4 is 11.8 Å². The van der Waals surface area contributed by atoms with E-state index in [0.717, 1.165) is 12.8 Å². The molecule has 2 amide bonds. The van der Waals surface area contributed by atoms with Crippen molar-refractivity contribution in [1.29, 1.82) is 0 Å². The second-order valence-corrected chi connectivity index (χ2v) is 7.63. The van der Waals surface area contributed by atoms with Crippen molar-refractivity contribution in [1.82, 2.24) is 19.8 Å². The number of amides is 2. The highest BCUT2D eigenvalue weighted by Gasteiger charge is 2.51. The summed E-state index contributed by atoms with van der Waals surface area (Å²) >= 11 is 0. The molecule has 2 saturated heterocycles. The molecule has 0 aliphatic carbocycles. The molecule has 1 aromatic heterocycles. The van der Waals surface area contributed by atoms with Gasteiger partial charge < -0.3 is 9.80 Å². The Kier molecular flexibility index (Phi) is 4.64. The molecule has 0 radical (unpaired) electrons. The molecule has 1 aromatic carbocycles. The molecule has 0 saturated carbocycles. The number of rotatable bonds is 3. The number of likely N-dealkylation sites (tertiary alicyclic amines) is 2. The lowest BCUT2D eigenvalue weighted by Crippen LogP contribution is -2.46. The van der Waals surface area contributed by atoms with Crippen LogP contribution in [0.25, 0.3) is 0 Å². The van der Waals surface area contributed by atoms with Gasteiger partial charge in [0.05, 0.1) is 11.6 Å². The molecule has 2 aromatic rings. The van der Waals surface area contributed by atoms with E-state index in [1.165, 1.54) is 18.0 Å². The van der Waals surface area contributed by atoms with Crippen molar-refractivity contribution in [2.24, 2.45) is 5.41 Å². The van der Waals surface area contributed by atoms with Crippen LogP contribution in [0.4, 0.5) is 0 Å². The smallest absolute Gasteiger partial charge is 0.274 e. The predicted octanol–water partition coefficient (Wildman–Crippen LogP) is 2.17. The summed E-state index contributed by atoms with van der Waals surface area (Å²) in [4.78, 5) is 37.4. The number of nitrogens with zero attached hydrogens (tertiary/aromatic N) is 4. The maximum atomic E-state index is 13.0. The number of piperidine rings is 1. The monoisotopic (exact) mass is 364 g/mol. The minimum atomic E-state index is -0.326. The molecule has 0 N–H and O–H groups in total. The summed E-state index contributed by atoms with van der Waals surface area (Å²) in [7, 11) is 1.92. The van der Waals surface area contributed by atoms with E-state index in [0.29, 0.717) is 31.6 Å². The van der Waals surface area contributed by atoms with Crippen LogP contribution >= 0.6 is 0 Å². The fourth-order valence-electron chi connectivity index (χ4n) is 4.44. The Morgan fingerprint density at radius 2 is 1.93 bits per heavy atom. The van der Waals surface area contributed by atoms with Crippen molar-refractivity contribution in [3.8, 4) is 0 Å². The number of benzene rings is 1. The second-order valence-electron chi connectivity index (χ2n) is 7.63. The lowest BCUT2D eigenvalue weighted by atomic mass is 9.75. The molecular weight excluding hydrogens is 340 g/mol. The van der Waals surface area contributed by atoms with E-state index in [1.807, 2.05) is 30.1 Å². The normalized spacial score (nSPS) is 21.7. The predicted molar refractivity (Wildman–Crippen MR) is 101 cm³/mol. The van der Waals surface area contributed by atoms with Gasteiger partial charge in [-0.2, -0.15) is 0 Å². The summed E-state index contributed by atoms with van der Waals surface area (Å²) < 4.78 is 0. The van der Waals surface area contributed by atoms with Crippen LogP contribution in [0.5, 0.6) is 0 Å². The quantitative estimate of drug-likeness (QED) is 0.837. The number of hydrogen-bond acceptors (Lipinski definition) is 4. The third-order valence-electron chi connectivity index (χ3n) is 6.05. The molecule has 27 heavy (non-hydrogen) atoms. The number of hydrogen-bond donors (Lipinski definition) is 0. The first kappa shape index (κ1) is 17.6. The number of aromatic nitrogens is 2. The van der Waals surface area contributed by atoms with Crippen LogP contribution in [0.3, 0.4) is 0 Å². The third kappa shape index (κ3) is 3.31. The van der Waals surface area contributed by atoms with Gasteiger partial charge in [-0.15, -0.1) is 0 Å². The topological polar surface area (TPSA) is 66.4 Å². The summed E-state index contributed by atoms with van der Waals surface area (Å²) in [5.74, 6) is 0.132. The summed E-state index contributed by atoms with van der Waals surface area (Å²) in [5.41, 5.74) is 1.30. The third-order valence-corrected chi connectivity index (χ3v) is 6.05. The van der Waals surface area contributed by atoms with Crippen molar-refractivity contribution in [2.75, 3.05) is 20.1 Å². The largest absolute Gasteiger partial charge is 0.342 e. The van der Waals surface area contributed by atoms with Crippen LogP contribution in [0.2, 0.25) is 0 Å². The van der Waals surface area contributed by atoms with Crippen LogP contribution in [-0.2, 0) is 11.2 Å². The van der Waals surface area contributed by atoms with E-state index in [1.54, 1.807) is 11.1 Å². The number of likely N-dealkylation sites (N-methyl/N-ethyl adjacent to an activating group) is 1. The summed E-state index contributed by atoms with van der Waals surface area (Å²) in [6, 6.07) is 10.5. The standard InChI is InChI=1S/C21H24N4O2/c1-24-17(13-16-5-3-2-4-6-16)14-21(20(24)27)7-11-25(12-8-21)19(26)18-15-22-9-10-23-18/h2-6,9-10,15,17H,7-8,11-14H2,1H3/t17-/m1/s1. The molecule has 2 fully saturated rings. The number of carbonyl (C=O) groups excluding carboxylic acids is 2. The fourth-order valence-corrected chi connectivity index (χ4v) is 4.44. The average Bonchev–Trinajstić information content (AvgIpc) is 2.94. The molecule has 1 spiro atoms. The molecule has 6 heteroatoms. The van der Waals surface area contributed by atoms with Crippen molar-refractivity contribution in [3.63, 3.8) is 0 Å².